The number of aromatic nitrogens is 6. The zero-order valence-corrected chi connectivity index (χ0v) is 61.6. The zero-order chi connectivity index (χ0) is 77.3. The van der Waals surface area contributed by atoms with Crippen LogP contribution in [0.5, 0.6) is 0 Å². The molecule has 3 aromatic heterocycles. The van der Waals surface area contributed by atoms with Gasteiger partial charge in [0, 0.05) is 54.5 Å². The SMILES string of the molecule is Cc1cn([C@H]2C[C@H](OP(=O)(O)OCC(O)CO)[C@@H](COP(=O)(OCC(O)CO)O[C@H]3C[C@H](n4cc(C)c(=O)[nH]c4=O)O[C@@H]3COP(=O)(OCC(O)CO)O[C@H]3C[C@H](n4cc(C)c(=O)[nH]c4=O)O[C@@H]3COP(=O)(O)OCCCCCCONC(c3ccccc3)(c3ccccc3)c3ccccc3)O2)c(=O)[nH]c1=O. The number of H-pyrrole nitrogens is 3. The average Bonchev–Trinajstić information content (AvgIpc) is 1.77. The molecule has 0 saturated carbocycles. The number of aryl methyl sites for hydroxylation is 3. The molecule has 6 aromatic rings. The summed E-state index contributed by atoms with van der Waals surface area (Å²) in [6, 6.07) is 29.5. The van der Waals surface area contributed by atoms with Crippen molar-refractivity contribution in [1.82, 2.24) is 34.1 Å². The Bertz CT molecular complexity index is 4360. The maximum Gasteiger partial charge on any atom is 0.475 e. The van der Waals surface area contributed by atoms with E-state index in [4.69, 9.17) is 64.3 Å². The van der Waals surface area contributed by atoms with Crippen LogP contribution in [-0.2, 0) is 88.1 Å². The molecule has 3 aromatic carbocycles. The molecular weight excluding hydrogens is 1500 g/mol. The summed E-state index contributed by atoms with van der Waals surface area (Å²) in [5.41, 5.74) is -0.113. The summed E-state index contributed by atoms with van der Waals surface area (Å²) in [5.74, 6) is 0. The number of aliphatic hydroxyl groups excluding tert-OH is 6. The van der Waals surface area contributed by atoms with Gasteiger partial charge in [0.1, 0.15) is 79.2 Å². The highest BCUT2D eigenvalue weighted by Gasteiger charge is 2.50. The fourth-order valence-corrected chi connectivity index (χ4v) is 16.1. The van der Waals surface area contributed by atoms with Gasteiger partial charge in [-0.25, -0.2) is 32.6 Å². The number of hydrogen-bond acceptors (Lipinski definition) is 31. The molecule has 0 amide bonds. The van der Waals surface area contributed by atoms with E-state index >= 15 is 9.13 Å². The van der Waals surface area contributed by atoms with Gasteiger partial charge in [0.15, 0.2) is 0 Å². The lowest BCUT2D eigenvalue weighted by Gasteiger charge is -2.36. The van der Waals surface area contributed by atoms with Crippen molar-refractivity contribution >= 4 is 31.3 Å². The van der Waals surface area contributed by atoms with Gasteiger partial charge in [-0.15, -0.1) is 0 Å². The molecule has 12 N–H and O–H groups in total. The Labute approximate surface area is 609 Å². The molecule has 3 aliphatic heterocycles. The molecule has 0 aliphatic carbocycles. The average molecular weight is 1590 g/mol. The Morgan fingerprint density at radius 2 is 0.794 bits per heavy atom. The molecule has 43 heteroatoms. The predicted octanol–water partition coefficient (Wildman–Crippen LogP) is 2.25. The number of nitrogens with one attached hydrogen (secondary N) is 4. The van der Waals surface area contributed by atoms with Gasteiger partial charge >= 0.3 is 48.4 Å². The first-order chi connectivity index (χ1) is 51.0. The van der Waals surface area contributed by atoms with Gasteiger partial charge in [0.25, 0.3) is 16.7 Å². The lowest BCUT2D eigenvalue weighted by Crippen LogP contribution is -2.44. The molecule has 3 saturated heterocycles. The van der Waals surface area contributed by atoms with Gasteiger partial charge in [0.2, 0.25) is 0 Å². The predicted molar refractivity (Wildman–Crippen MR) is 371 cm³/mol. The van der Waals surface area contributed by atoms with Crippen molar-refractivity contribution in [2.75, 3.05) is 72.7 Å². The second-order valence-corrected chi connectivity index (χ2v) is 31.2. The van der Waals surface area contributed by atoms with E-state index < -0.39 is 223 Å². The van der Waals surface area contributed by atoms with Crippen molar-refractivity contribution < 1.29 is 123 Å². The molecule has 0 spiro atoms. The molecule has 6 heterocycles. The van der Waals surface area contributed by atoms with Gasteiger partial charge in [-0.05, 0) is 50.3 Å². The second-order valence-electron chi connectivity index (χ2n) is 25.1. The van der Waals surface area contributed by atoms with Crippen molar-refractivity contribution in [2.24, 2.45) is 0 Å². The van der Waals surface area contributed by atoms with Crippen LogP contribution in [0.3, 0.4) is 0 Å². The number of hydroxylamine groups is 1. The summed E-state index contributed by atoms with van der Waals surface area (Å²) in [5, 5.41) is 59.7. The number of phosphoric acid groups is 4. The van der Waals surface area contributed by atoms with E-state index in [0.29, 0.717) is 19.3 Å². The van der Waals surface area contributed by atoms with Crippen molar-refractivity contribution in [1.29, 1.82) is 0 Å². The van der Waals surface area contributed by atoms with E-state index in [9.17, 15) is 78.3 Å². The Kier molecular flexibility index (Phi) is 30.5. The number of aliphatic hydroxyl groups is 6. The molecule has 3 aliphatic rings. The molecule has 9 rings (SSSR count). The first-order valence-corrected chi connectivity index (χ1v) is 39.6. The highest BCUT2D eigenvalue weighted by Crippen LogP contribution is 2.58. The minimum atomic E-state index is -5.40. The molecule has 16 atom stereocenters. The monoisotopic (exact) mass is 1590 g/mol. The lowest BCUT2D eigenvalue weighted by molar-refractivity contribution is -0.0689. The topological polar surface area (TPSA) is 536 Å². The number of phosphoric ester groups is 4. The number of benzene rings is 3. The Morgan fingerprint density at radius 3 is 1.16 bits per heavy atom. The summed E-state index contributed by atoms with van der Waals surface area (Å²) < 4.78 is 134. The second kappa shape index (κ2) is 38.6. The summed E-state index contributed by atoms with van der Waals surface area (Å²) in [7, 11) is -21.0. The third-order valence-electron chi connectivity index (χ3n) is 17.1. The Balaban J connectivity index is 0.912. The fraction of sp³-hybridized carbons (Fsp3) is 0.531. The number of hydrogen-bond donors (Lipinski definition) is 12. The van der Waals surface area contributed by atoms with Crippen molar-refractivity contribution in [3.8, 4) is 0 Å². The number of ether oxygens (including phenoxy) is 3. The van der Waals surface area contributed by atoms with E-state index in [1.165, 1.54) is 20.8 Å². The van der Waals surface area contributed by atoms with Crippen LogP contribution in [0.15, 0.2) is 138 Å². The number of nitrogens with zero attached hydrogens (tertiary/aromatic N) is 3. The van der Waals surface area contributed by atoms with Crippen LogP contribution < -0.4 is 39.2 Å². The Hall–Kier alpha value is -6.30. The van der Waals surface area contributed by atoms with Crippen LogP contribution in [0.4, 0.5) is 0 Å². The number of unbranched alkanes of at least 4 members (excludes halogenated alkanes) is 3. The van der Waals surface area contributed by atoms with E-state index in [2.05, 4.69) is 20.4 Å². The summed E-state index contributed by atoms with van der Waals surface area (Å²) in [6.45, 7) is -4.85. The standard InChI is InChI=1S/C64H87N7O32P4/c1-40-28-69(61(81)65-58(40)78)55-25-49(101-105(86,87)92-34-46(75)31-72)53(99-55)38-96-106(88,94-35-47(76)32-73)103-51-27-57(71-30-42(3)60(80)67-63(71)83)100-54(51)39-97-107(89,95-36-48(77)33-74)102-50-26-56(70-29-41(2)59(79)66-62(70)82)98-52(50)37-93-104(84,85)91-24-16-5-4-15-23-90-68-64(43-17-9-6-10-18-43,44-19-11-7-12-20-44)45-21-13-8-14-22-45/h6-14,17-22,28-30,46-57,68,72-77H,4-5,15-16,23-27,31-39H2,1-3H3,(H,84,85)(H,86,87)(H,65,78,81)(H,66,79,82)(H,67,80,83)/t46?,47?,48?,49-,50-,51-,52+,53+,54+,55+,56+,57+,106?,107?/m0/s1. The zero-order valence-electron chi connectivity index (χ0n) is 58.1. The first-order valence-electron chi connectivity index (χ1n) is 33.7. The lowest BCUT2D eigenvalue weighted by atomic mass is 9.78. The van der Waals surface area contributed by atoms with Crippen LogP contribution in [0.25, 0.3) is 0 Å². The van der Waals surface area contributed by atoms with E-state index in [0.717, 1.165) is 49.0 Å². The molecule has 0 bridgehead atoms. The Morgan fingerprint density at radius 1 is 0.458 bits per heavy atom. The highest BCUT2D eigenvalue weighted by atomic mass is 31.2. The minimum absolute atomic E-state index is 0.00825. The van der Waals surface area contributed by atoms with Crippen LogP contribution >= 0.6 is 31.3 Å². The summed E-state index contributed by atoms with van der Waals surface area (Å²) >= 11 is 0. The van der Waals surface area contributed by atoms with Gasteiger partial charge in [-0.2, -0.15) is 5.48 Å². The van der Waals surface area contributed by atoms with E-state index in [1.54, 1.807) is 0 Å². The smallest absolute Gasteiger partial charge is 0.394 e. The number of aromatic amines is 3. The van der Waals surface area contributed by atoms with Crippen LogP contribution in [0.2, 0.25) is 0 Å². The van der Waals surface area contributed by atoms with Gasteiger partial charge < -0.3 is 59.5 Å². The number of rotatable bonds is 43. The summed E-state index contributed by atoms with van der Waals surface area (Å²) in [4.78, 5) is 111. The molecular formula is C64H87N7O32P4. The quantitative estimate of drug-likeness (QED) is 0.0113. The molecule has 590 valence electrons. The van der Waals surface area contributed by atoms with Gasteiger partial charge in [-0.1, -0.05) is 104 Å². The fourth-order valence-electron chi connectivity index (χ4n) is 11.5. The molecule has 7 unspecified atom stereocenters. The van der Waals surface area contributed by atoms with Crippen molar-refractivity contribution in [2.45, 2.75) is 145 Å². The minimum Gasteiger partial charge on any atom is -0.394 e. The van der Waals surface area contributed by atoms with Crippen molar-refractivity contribution in [3.05, 3.63) is 205 Å². The first kappa shape index (κ1) is 84.7. The highest BCUT2D eigenvalue weighted by molar-refractivity contribution is 7.49. The largest absolute Gasteiger partial charge is 0.475 e. The molecule has 3 fully saturated rings. The van der Waals surface area contributed by atoms with Crippen molar-refractivity contribution in [3.63, 3.8) is 0 Å². The normalized spacial score (nSPS) is 23.6. The van der Waals surface area contributed by atoms with Crippen LogP contribution in [0, 0.1) is 20.8 Å². The van der Waals surface area contributed by atoms with Gasteiger partial charge in [-0.3, -0.25) is 88.3 Å². The third kappa shape index (κ3) is 23.2. The molecule has 39 nitrogen and oxygen atoms in total. The summed E-state index contributed by atoms with van der Waals surface area (Å²) in [6.07, 6.45) is -16.2. The third-order valence-corrected chi connectivity index (χ3v) is 22.0. The van der Waals surface area contributed by atoms with Crippen LogP contribution in [0.1, 0.15) is 97.0 Å². The van der Waals surface area contributed by atoms with E-state index in [1.807, 2.05) is 91.0 Å². The van der Waals surface area contributed by atoms with E-state index in [-0.39, 0.29) is 36.3 Å². The maximum atomic E-state index is 15.3. The molecule has 0 radical (unpaired) electrons. The maximum absolute atomic E-state index is 15.3. The van der Waals surface area contributed by atoms with Crippen LogP contribution in [-0.4, -0.2) is 197 Å². The molecule has 107 heavy (non-hydrogen) atoms. The van der Waals surface area contributed by atoms with Gasteiger partial charge in [0.05, 0.1) is 72.7 Å².